The summed E-state index contributed by atoms with van der Waals surface area (Å²) < 4.78 is 0. The van der Waals surface area contributed by atoms with E-state index in [1.165, 1.54) is 12.8 Å². The van der Waals surface area contributed by atoms with Crippen molar-refractivity contribution in [2.75, 3.05) is 19.6 Å². The third-order valence-corrected chi connectivity index (χ3v) is 3.18. The summed E-state index contributed by atoms with van der Waals surface area (Å²) in [5, 5.41) is 6.32. The fraction of sp³-hybridized carbons (Fsp3) is 0.923. The molecule has 3 nitrogen and oxygen atoms in total. The largest absolute Gasteiger partial charge is 0.356 e. The van der Waals surface area contributed by atoms with Gasteiger partial charge in [0.05, 0.1) is 5.92 Å². The van der Waals surface area contributed by atoms with Crippen LogP contribution in [-0.4, -0.2) is 25.5 Å². The second-order valence-electron chi connectivity index (χ2n) is 5.22. The molecule has 1 aliphatic rings. The van der Waals surface area contributed by atoms with E-state index >= 15 is 0 Å². The van der Waals surface area contributed by atoms with Gasteiger partial charge in [-0.15, -0.1) is 0 Å². The highest BCUT2D eigenvalue weighted by molar-refractivity contribution is 5.78. The number of hydrogen-bond acceptors (Lipinski definition) is 2. The third-order valence-electron chi connectivity index (χ3n) is 3.18. The zero-order valence-electron chi connectivity index (χ0n) is 10.7. The van der Waals surface area contributed by atoms with Crippen molar-refractivity contribution in [1.29, 1.82) is 0 Å². The first-order valence-electron chi connectivity index (χ1n) is 6.68. The Morgan fingerprint density at radius 1 is 1.44 bits per heavy atom. The maximum absolute atomic E-state index is 11.7. The van der Waals surface area contributed by atoms with Gasteiger partial charge in [-0.1, -0.05) is 26.7 Å². The van der Waals surface area contributed by atoms with Crippen LogP contribution in [0.1, 0.15) is 46.0 Å². The van der Waals surface area contributed by atoms with E-state index in [1.54, 1.807) is 0 Å². The number of rotatable bonds is 6. The summed E-state index contributed by atoms with van der Waals surface area (Å²) in [5.41, 5.74) is 0. The Morgan fingerprint density at radius 3 is 2.88 bits per heavy atom. The summed E-state index contributed by atoms with van der Waals surface area (Å²) in [7, 11) is 0. The first kappa shape index (κ1) is 13.5. The Hall–Kier alpha value is -0.570. The molecule has 94 valence electrons. The van der Waals surface area contributed by atoms with E-state index in [4.69, 9.17) is 0 Å². The van der Waals surface area contributed by atoms with Gasteiger partial charge < -0.3 is 10.6 Å². The van der Waals surface area contributed by atoms with E-state index in [2.05, 4.69) is 24.5 Å². The highest BCUT2D eigenvalue weighted by atomic mass is 16.1. The second-order valence-corrected chi connectivity index (χ2v) is 5.22. The fourth-order valence-corrected chi connectivity index (χ4v) is 2.11. The number of nitrogens with one attached hydrogen (secondary N) is 2. The maximum atomic E-state index is 11.7. The van der Waals surface area contributed by atoms with E-state index in [1.807, 2.05) is 0 Å². The summed E-state index contributed by atoms with van der Waals surface area (Å²) in [6.07, 6.45) is 5.78. The summed E-state index contributed by atoms with van der Waals surface area (Å²) in [4.78, 5) is 11.7. The molecular weight excluding hydrogens is 200 g/mol. The topological polar surface area (TPSA) is 41.1 Å². The van der Waals surface area contributed by atoms with E-state index in [-0.39, 0.29) is 11.8 Å². The molecule has 1 fully saturated rings. The molecule has 1 aliphatic heterocycles. The van der Waals surface area contributed by atoms with Crippen LogP contribution in [0.3, 0.4) is 0 Å². The number of unbranched alkanes of at least 4 members (excludes halogenated alkanes) is 1. The number of carbonyl (C=O) groups excluding carboxylic acids is 1. The molecule has 0 aromatic heterocycles. The monoisotopic (exact) mass is 226 g/mol. The second kappa shape index (κ2) is 7.66. The van der Waals surface area contributed by atoms with Gasteiger partial charge in [0.1, 0.15) is 0 Å². The van der Waals surface area contributed by atoms with Crippen LogP contribution >= 0.6 is 0 Å². The molecule has 2 N–H and O–H groups in total. The highest BCUT2D eigenvalue weighted by Crippen LogP contribution is 2.10. The summed E-state index contributed by atoms with van der Waals surface area (Å²) in [6, 6.07) is 0. The van der Waals surface area contributed by atoms with Gasteiger partial charge in [0.15, 0.2) is 0 Å². The molecule has 0 bridgehead atoms. The Kier molecular flexibility index (Phi) is 6.46. The lowest BCUT2D eigenvalue weighted by Crippen LogP contribution is -2.40. The lowest BCUT2D eigenvalue weighted by atomic mass is 9.99. The molecule has 1 atom stereocenters. The SMILES string of the molecule is CC(C)CCCCNC(=O)C1CCCNC1. The van der Waals surface area contributed by atoms with Crippen LogP contribution in [0.4, 0.5) is 0 Å². The lowest BCUT2D eigenvalue weighted by molar-refractivity contribution is -0.125. The summed E-state index contributed by atoms with van der Waals surface area (Å²) >= 11 is 0. The molecular formula is C13H26N2O. The van der Waals surface area contributed by atoms with Crippen molar-refractivity contribution < 1.29 is 4.79 Å². The van der Waals surface area contributed by atoms with Crippen LogP contribution in [-0.2, 0) is 4.79 Å². The van der Waals surface area contributed by atoms with Crippen LogP contribution in [0.15, 0.2) is 0 Å². The third kappa shape index (κ3) is 5.50. The first-order chi connectivity index (χ1) is 7.70. The van der Waals surface area contributed by atoms with Crippen LogP contribution in [0.2, 0.25) is 0 Å². The van der Waals surface area contributed by atoms with Crippen LogP contribution < -0.4 is 10.6 Å². The summed E-state index contributed by atoms with van der Waals surface area (Å²) in [5.74, 6) is 1.23. The minimum atomic E-state index is 0.207. The molecule has 0 radical (unpaired) electrons. The van der Waals surface area contributed by atoms with Gasteiger partial charge in [0.2, 0.25) is 5.91 Å². The summed E-state index contributed by atoms with van der Waals surface area (Å²) in [6.45, 7) is 7.26. The predicted molar refractivity (Wildman–Crippen MR) is 67.3 cm³/mol. The van der Waals surface area contributed by atoms with Gasteiger partial charge in [-0.2, -0.15) is 0 Å². The Morgan fingerprint density at radius 2 is 2.25 bits per heavy atom. The highest BCUT2D eigenvalue weighted by Gasteiger charge is 2.19. The molecule has 1 rings (SSSR count). The predicted octanol–water partition coefficient (Wildman–Crippen LogP) is 1.93. The zero-order valence-corrected chi connectivity index (χ0v) is 10.7. The minimum absolute atomic E-state index is 0.207. The smallest absolute Gasteiger partial charge is 0.224 e. The normalized spacial score (nSPS) is 21.1. The van der Waals surface area contributed by atoms with Crippen molar-refractivity contribution in [3.63, 3.8) is 0 Å². The molecule has 1 unspecified atom stereocenters. The number of piperidine rings is 1. The van der Waals surface area contributed by atoms with Crippen molar-refractivity contribution >= 4 is 5.91 Å². The Labute approximate surface area is 99.4 Å². The van der Waals surface area contributed by atoms with Crippen molar-refractivity contribution in [3.05, 3.63) is 0 Å². The molecule has 1 heterocycles. The molecule has 0 aromatic rings. The van der Waals surface area contributed by atoms with E-state index in [9.17, 15) is 4.79 Å². The van der Waals surface area contributed by atoms with Crippen molar-refractivity contribution in [1.82, 2.24) is 10.6 Å². The lowest BCUT2D eigenvalue weighted by Gasteiger charge is -2.21. The molecule has 1 saturated heterocycles. The number of carbonyl (C=O) groups is 1. The molecule has 0 aliphatic carbocycles. The van der Waals surface area contributed by atoms with Gasteiger partial charge in [-0.05, 0) is 31.7 Å². The Bertz CT molecular complexity index is 198. The number of amides is 1. The van der Waals surface area contributed by atoms with Gasteiger partial charge in [-0.3, -0.25) is 4.79 Å². The molecule has 3 heteroatoms. The van der Waals surface area contributed by atoms with Gasteiger partial charge in [0.25, 0.3) is 0 Å². The zero-order chi connectivity index (χ0) is 11.8. The van der Waals surface area contributed by atoms with Crippen molar-refractivity contribution in [2.45, 2.75) is 46.0 Å². The number of hydrogen-bond donors (Lipinski definition) is 2. The van der Waals surface area contributed by atoms with Crippen LogP contribution in [0, 0.1) is 11.8 Å². The fourth-order valence-electron chi connectivity index (χ4n) is 2.11. The van der Waals surface area contributed by atoms with Crippen LogP contribution in [0.5, 0.6) is 0 Å². The Balaban J connectivity index is 2.01. The molecule has 1 amide bonds. The average molecular weight is 226 g/mol. The van der Waals surface area contributed by atoms with E-state index in [0.717, 1.165) is 44.8 Å². The van der Waals surface area contributed by atoms with Crippen molar-refractivity contribution in [3.8, 4) is 0 Å². The van der Waals surface area contributed by atoms with E-state index < -0.39 is 0 Å². The van der Waals surface area contributed by atoms with Gasteiger partial charge in [0, 0.05) is 13.1 Å². The van der Waals surface area contributed by atoms with Gasteiger partial charge in [-0.25, -0.2) is 0 Å². The minimum Gasteiger partial charge on any atom is -0.356 e. The standard InChI is InChI=1S/C13H26N2O/c1-11(2)6-3-4-9-15-13(16)12-7-5-8-14-10-12/h11-12,14H,3-10H2,1-2H3,(H,15,16). The molecule has 16 heavy (non-hydrogen) atoms. The quantitative estimate of drug-likeness (QED) is 0.679. The van der Waals surface area contributed by atoms with E-state index in [0.29, 0.717) is 0 Å². The first-order valence-corrected chi connectivity index (χ1v) is 6.68. The van der Waals surface area contributed by atoms with Crippen molar-refractivity contribution in [2.24, 2.45) is 11.8 Å². The molecule has 0 spiro atoms. The average Bonchev–Trinajstić information content (AvgIpc) is 2.29. The molecule has 0 saturated carbocycles. The molecule has 0 aromatic carbocycles. The van der Waals surface area contributed by atoms with Gasteiger partial charge >= 0.3 is 0 Å². The maximum Gasteiger partial charge on any atom is 0.224 e. The van der Waals surface area contributed by atoms with Crippen LogP contribution in [0.25, 0.3) is 0 Å².